The SMILES string of the molecule is CCCc1nn(C)c2c1[nH]c(=S)n2C(C)CN1CCCC1. The summed E-state index contributed by atoms with van der Waals surface area (Å²) in [6.07, 6.45) is 4.74. The first kappa shape index (κ1) is 14.8. The van der Waals surface area contributed by atoms with Crippen LogP contribution in [0.15, 0.2) is 0 Å². The molecule has 2 aromatic rings. The van der Waals surface area contributed by atoms with Crippen LogP contribution in [0.4, 0.5) is 0 Å². The number of nitrogens with zero attached hydrogens (tertiary/aromatic N) is 4. The molecule has 0 amide bonds. The molecule has 0 radical (unpaired) electrons. The third-order valence-corrected chi connectivity index (χ3v) is 4.72. The van der Waals surface area contributed by atoms with Crippen molar-refractivity contribution in [1.29, 1.82) is 0 Å². The van der Waals surface area contributed by atoms with Crippen molar-refractivity contribution in [1.82, 2.24) is 24.2 Å². The van der Waals surface area contributed by atoms with Crippen LogP contribution in [-0.2, 0) is 13.5 Å². The number of H-pyrrole nitrogens is 1. The monoisotopic (exact) mass is 307 g/mol. The number of hydrogen-bond donors (Lipinski definition) is 1. The maximum atomic E-state index is 5.58. The first-order valence-electron chi connectivity index (χ1n) is 8.00. The summed E-state index contributed by atoms with van der Waals surface area (Å²) in [6.45, 7) is 7.95. The van der Waals surface area contributed by atoms with E-state index >= 15 is 0 Å². The molecule has 1 aliphatic heterocycles. The Morgan fingerprint density at radius 3 is 2.71 bits per heavy atom. The van der Waals surface area contributed by atoms with Gasteiger partial charge in [0.25, 0.3) is 0 Å². The van der Waals surface area contributed by atoms with Gasteiger partial charge >= 0.3 is 0 Å². The van der Waals surface area contributed by atoms with E-state index in [1.54, 1.807) is 0 Å². The van der Waals surface area contributed by atoms with Gasteiger partial charge in [-0.05, 0) is 51.5 Å². The summed E-state index contributed by atoms with van der Waals surface area (Å²) in [5.74, 6) is 0. The Hall–Kier alpha value is -1.14. The van der Waals surface area contributed by atoms with Crippen LogP contribution < -0.4 is 0 Å². The van der Waals surface area contributed by atoms with Gasteiger partial charge in [0.1, 0.15) is 5.52 Å². The number of likely N-dealkylation sites (tertiary alicyclic amines) is 1. The van der Waals surface area contributed by atoms with Gasteiger partial charge in [0.2, 0.25) is 0 Å². The molecule has 0 aromatic carbocycles. The molecular formula is C15H25N5S. The lowest BCUT2D eigenvalue weighted by Crippen LogP contribution is -2.27. The number of nitrogens with one attached hydrogen (secondary N) is 1. The lowest BCUT2D eigenvalue weighted by atomic mass is 10.2. The number of fused-ring (bicyclic) bond motifs is 1. The summed E-state index contributed by atoms with van der Waals surface area (Å²) in [7, 11) is 2.02. The van der Waals surface area contributed by atoms with Gasteiger partial charge < -0.3 is 9.88 Å². The van der Waals surface area contributed by atoms with Crippen LogP contribution in [0, 0.1) is 4.77 Å². The van der Waals surface area contributed by atoms with Crippen LogP contribution in [0.1, 0.15) is 44.8 Å². The molecule has 1 fully saturated rings. The molecule has 1 N–H and O–H groups in total. The molecule has 2 aromatic heterocycles. The van der Waals surface area contributed by atoms with Crippen molar-refractivity contribution >= 4 is 23.4 Å². The van der Waals surface area contributed by atoms with E-state index in [0.717, 1.165) is 41.0 Å². The van der Waals surface area contributed by atoms with Crippen molar-refractivity contribution in [2.24, 2.45) is 7.05 Å². The van der Waals surface area contributed by atoms with Crippen LogP contribution in [0.3, 0.4) is 0 Å². The number of imidazole rings is 1. The van der Waals surface area contributed by atoms with E-state index in [9.17, 15) is 0 Å². The molecule has 3 rings (SSSR count). The summed E-state index contributed by atoms with van der Waals surface area (Å²) in [5, 5.41) is 4.66. The Balaban J connectivity index is 1.97. The molecule has 1 atom stereocenters. The van der Waals surface area contributed by atoms with Crippen LogP contribution >= 0.6 is 12.2 Å². The summed E-state index contributed by atoms with van der Waals surface area (Å²) >= 11 is 5.58. The van der Waals surface area contributed by atoms with Crippen molar-refractivity contribution in [2.75, 3.05) is 19.6 Å². The Bertz CT molecular complexity index is 674. The molecular weight excluding hydrogens is 282 g/mol. The second kappa shape index (κ2) is 5.93. The second-order valence-electron chi connectivity index (χ2n) is 6.18. The van der Waals surface area contributed by atoms with Gasteiger partial charge in [-0.3, -0.25) is 9.25 Å². The van der Waals surface area contributed by atoms with Crippen LogP contribution in [0.2, 0.25) is 0 Å². The van der Waals surface area contributed by atoms with E-state index in [2.05, 4.69) is 33.4 Å². The highest BCUT2D eigenvalue weighted by Crippen LogP contribution is 2.23. The molecule has 0 bridgehead atoms. The van der Waals surface area contributed by atoms with Gasteiger partial charge in [-0.1, -0.05) is 13.3 Å². The fourth-order valence-electron chi connectivity index (χ4n) is 3.48. The van der Waals surface area contributed by atoms with Crippen LogP contribution in [-0.4, -0.2) is 43.9 Å². The first-order chi connectivity index (χ1) is 10.1. The summed E-state index contributed by atoms with van der Waals surface area (Å²) in [4.78, 5) is 5.92. The van der Waals surface area contributed by atoms with Gasteiger partial charge in [0.05, 0.1) is 5.69 Å². The third kappa shape index (κ3) is 2.66. The molecule has 1 unspecified atom stereocenters. The minimum atomic E-state index is 0.370. The highest BCUT2D eigenvalue weighted by atomic mass is 32.1. The predicted octanol–water partition coefficient (Wildman–Crippen LogP) is 3.04. The molecule has 0 aliphatic carbocycles. The summed E-state index contributed by atoms with van der Waals surface area (Å²) in [6, 6.07) is 0.370. The predicted molar refractivity (Wildman–Crippen MR) is 88.3 cm³/mol. The van der Waals surface area contributed by atoms with Gasteiger partial charge in [0, 0.05) is 19.6 Å². The van der Waals surface area contributed by atoms with E-state index in [1.165, 1.54) is 25.9 Å². The second-order valence-corrected chi connectivity index (χ2v) is 6.56. The molecule has 1 saturated heterocycles. The summed E-state index contributed by atoms with van der Waals surface area (Å²) in [5.41, 5.74) is 3.39. The topological polar surface area (TPSA) is 41.8 Å². The molecule has 3 heterocycles. The maximum absolute atomic E-state index is 5.58. The maximum Gasteiger partial charge on any atom is 0.179 e. The molecule has 5 nitrogen and oxygen atoms in total. The average Bonchev–Trinajstić information content (AvgIpc) is 3.10. The molecule has 0 spiro atoms. The van der Waals surface area contributed by atoms with Crippen molar-refractivity contribution in [3.05, 3.63) is 10.5 Å². The number of aromatic nitrogens is 4. The Kier molecular flexibility index (Phi) is 4.17. The zero-order chi connectivity index (χ0) is 15.0. The smallest absolute Gasteiger partial charge is 0.179 e. The van der Waals surface area contributed by atoms with Crippen molar-refractivity contribution in [3.8, 4) is 0 Å². The molecule has 21 heavy (non-hydrogen) atoms. The van der Waals surface area contributed by atoms with E-state index in [-0.39, 0.29) is 0 Å². The lowest BCUT2D eigenvalue weighted by Gasteiger charge is -2.21. The number of rotatable bonds is 5. The summed E-state index contributed by atoms with van der Waals surface area (Å²) < 4.78 is 5.05. The van der Waals surface area contributed by atoms with Crippen molar-refractivity contribution in [2.45, 2.75) is 45.6 Å². The van der Waals surface area contributed by atoms with Crippen LogP contribution in [0.5, 0.6) is 0 Å². The number of aromatic amines is 1. The molecule has 1 aliphatic rings. The quantitative estimate of drug-likeness (QED) is 0.863. The molecule has 116 valence electrons. The standard InChI is InChI=1S/C15H25N5S/c1-4-7-12-13-14(18(3)17-12)20(15(21)16-13)11(2)10-19-8-5-6-9-19/h11H,4-10H2,1-3H3,(H,16,21). The molecule has 0 saturated carbocycles. The zero-order valence-corrected chi connectivity index (χ0v) is 14.0. The van der Waals surface area contributed by atoms with Crippen molar-refractivity contribution < 1.29 is 0 Å². The number of aryl methyl sites for hydroxylation is 2. The normalized spacial score (nSPS) is 17.9. The fourth-order valence-corrected chi connectivity index (χ4v) is 3.85. The largest absolute Gasteiger partial charge is 0.328 e. The zero-order valence-electron chi connectivity index (χ0n) is 13.2. The fraction of sp³-hybridized carbons (Fsp3) is 0.733. The highest BCUT2D eigenvalue weighted by molar-refractivity contribution is 7.71. The van der Waals surface area contributed by atoms with Gasteiger partial charge in [-0.25, -0.2) is 0 Å². The van der Waals surface area contributed by atoms with Gasteiger partial charge in [0.15, 0.2) is 10.4 Å². The Labute approximate surface area is 130 Å². The van der Waals surface area contributed by atoms with E-state index in [1.807, 2.05) is 11.7 Å². The Morgan fingerprint density at radius 1 is 1.33 bits per heavy atom. The first-order valence-corrected chi connectivity index (χ1v) is 8.41. The third-order valence-electron chi connectivity index (χ3n) is 4.42. The van der Waals surface area contributed by atoms with Crippen molar-refractivity contribution in [3.63, 3.8) is 0 Å². The number of hydrogen-bond acceptors (Lipinski definition) is 3. The average molecular weight is 307 g/mol. The van der Waals surface area contributed by atoms with E-state index in [0.29, 0.717) is 6.04 Å². The van der Waals surface area contributed by atoms with E-state index < -0.39 is 0 Å². The van der Waals surface area contributed by atoms with Gasteiger partial charge in [-0.15, -0.1) is 0 Å². The minimum absolute atomic E-state index is 0.370. The van der Waals surface area contributed by atoms with Crippen LogP contribution in [0.25, 0.3) is 11.2 Å². The molecule has 6 heteroatoms. The lowest BCUT2D eigenvalue weighted by molar-refractivity contribution is 0.288. The highest BCUT2D eigenvalue weighted by Gasteiger charge is 2.21. The van der Waals surface area contributed by atoms with E-state index in [4.69, 9.17) is 12.2 Å². The minimum Gasteiger partial charge on any atom is -0.328 e. The van der Waals surface area contributed by atoms with Gasteiger partial charge in [-0.2, -0.15) is 5.10 Å². The Morgan fingerprint density at radius 2 is 2.05 bits per heavy atom.